The molecule has 1 aromatic heterocycles. The van der Waals surface area contributed by atoms with Gasteiger partial charge in [0.2, 0.25) is 0 Å². The van der Waals surface area contributed by atoms with E-state index in [0.29, 0.717) is 6.20 Å². The minimum Gasteiger partial charge on any atom is -0.241 e. The van der Waals surface area contributed by atoms with Crippen molar-refractivity contribution in [3.63, 3.8) is 0 Å². The molecular weight excluding hydrogens is 247 g/mol. The molecule has 0 aliphatic rings. The van der Waals surface area contributed by atoms with Crippen LogP contribution in [0.2, 0.25) is 0 Å². The number of primary sulfonamides is 1. The predicted octanol–water partition coefficient (Wildman–Crippen LogP) is 0.677. The van der Waals surface area contributed by atoms with E-state index in [1.165, 1.54) is 6.07 Å². The Balaban J connectivity index is 3.69. The van der Waals surface area contributed by atoms with Crippen LogP contribution in [0.3, 0.4) is 0 Å². The molecule has 0 amide bonds. The van der Waals surface area contributed by atoms with E-state index in [4.69, 9.17) is 5.26 Å². The Labute approximate surface area is 88.4 Å². The SMILES string of the molecule is N#Cc1cnc(S(N)(=O)=O)c(C(F)F)c1F. The van der Waals surface area contributed by atoms with Gasteiger partial charge in [0.25, 0.3) is 16.4 Å². The van der Waals surface area contributed by atoms with Crippen molar-refractivity contribution in [2.45, 2.75) is 11.5 Å². The van der Waals surface area contributed by atoms with Gasteiger partial charge < -0.3 is 0 Å². The number of pyridine rings is 1. The number of alkyl halides is 2. The molecule has 1 rings (SSSR count). The summed E-state index contributed by atoms with van der Waals surface area (Å²) >= 11 is 0. The standard InChI is InChI=1S/C7H4F3N3O2S/c8-5-3(1-11)2-13-7(16(12,14)15)4(5)6(9)10/h2,6H,(H2,12,14,15). The number of aromatic nitrogens is 1. The van der Waals surface area contributed by atoms with Gasteiger partial charge in [0.15, 0.2) is 10.8 Å². The summed E-state index contributed by atoms with van der Waals surface area (Å²) in [6.45, 7) is 0. The summed E-state index contributed by atoms with van der Waals surface area (Å²) in [6, 6.07) is 1.26. The highest BCUT2D eigenvalue weighted by Gasteiger charge is 2.28. The van der Waals surface area contributed by atoms with Crippen molar-refractivity contribution in [1.82, 2.24) is 4.98 Å². The third-order valence-corrected chi connectivity index (χ3v) is 2.49. The summed E-state index contributed by atoms with van der Waals surface area (Å²) in [4.78, 5) is 3.05. The molecular formula is C7H4F3N3O2S. The van der Waals surface area contributed by atoms with Crippen molar-refractivity contribution in [3.05, 3.63) is 23.1 Å². The summed E-state index contributed by atoms with van der Waals surface area (Å²) in [5.74, 6) is -1.63. The summed E-state index contributed by atoms with van der Waals surface area (Å²) in [5.41, 5.74) is -2.26. The smallest absolute Gasteiger partial charge is 0.241 e. The minimum atomic E-state index is -4.57. The molecule has 0 spiro atoms. The molecule has 0 saturated heterocycles. The third-order valence-electron chi connectivity index (χ3n) is 1.62. The van der Waals surface area contributed by atoms with Crippen LogP contribution >= 0.6 is 0 Å². The van der Waals surface area contributed by atoms with Crippen molar-refractivity contribution in [2.24, 2.45) is 5.14 Å². The van der Waals surface area contributed by atoms with E-state index in [2.05, 4.69) is 10.1 Å². The number of nitriles is 1. The van der Waals surface area contributed by atoms with Gasteiger partial charge in [0.1, 0.15) is 11.6 Å². The predicted molar refractivity (Wildman–Crippen MR) is 45.2 cm³/mol. The van der Waals surface area contributed by atoms with E-state index < -0.39 is 38.4 Å². The molecule has 0 atom stereocenters. The van der Waals surface area contributed by atoms with E-state index in [9.17, 15) is 21.6 Å². The summed E-state index contributed by atoms with van der Waals surface area (Å²) in [6.07, 6.45) is -2.91. The van der Waals surface area contributed by atoms with Gasteiger partial charge in [-0.3, -0.25) is 0 Å². The molecule has 86 valence electrons. The second-order valence-corrected chi connectivity index (χ2v) is 4.14. The highest BCUT2D eigenvalue weighted by atomic mass is 32.2. The minimum absolute atomic E-state index is 0.529. The lowest BCUT2D eigenvalue weighted by Gasteiger charge is -2.07. The first-order chi connectivity index (χ1) is 7.29. The van der Waals surface area contributed by atoms with Gasteiger partial charge >= 0.3 is 0 Å². The summed E-state index contributed by atoms with van der Waals surface area (Å²) < 4.78 is 59.8. The van der Waals surface area contributed by atoms with Crippen LogP contribution < -0.4 is 5.14 Å². The fourth-order valence-corrected chi connectivity index (χ4v) is 1.67. The Kier molecular flexibility index (Phi) is 3.16. The van der Waals surface area contributed by atoms with Crippen LogP contribution in [0.4, 0.5) is 13.2 Å². The van der Waals surface area contributed by atoms with Crippen molar-refractivity contribution < 1.29 is 21.6 Å². The van der Waals surface area contributed by atoms with Crippen molar-refractivity contribution in [1.29, 1.82) is 5.26 Å². The Morgan fingerprint density at radius 2 is 2.06 bits per heavy atom. The zero-order valence-corrected chi connectivity index (χ0v) is 8.30. The Bertz CT molecular complexity index is 565. The lowest BCUT2D eigenvalue weighted by atomic mass is 10.2. The van der Waals surface area contributed by atoms with Crippen molar-refractivity contribution in [3.8, 4) is 6.07 Å². The normalized spacial score (nSPS) is 11.5. The van der Waals surface area contributed by atoms with E-state index in [-0.39, 0.29) is 0 Å². The second kappa shape index (κ2) is 4.07. The van der Waals surface area contributed by atoms with E-state index in [1.807, 2.05) is 0 Å². The number of hydrogen-bond donors (Lipinski definition) is 1. The zero-order valence-electron chi connectivity index (χ0n) is 7.49. The maximum absolute atomic E-state index is 13.3. The van der Waals surface area contributed by atoms with Crippen LogP contribution in [0.15, 0.2) is 11.2 Å². The average Bonchev–Trinajstić information content (AvgIpc) is 2.15. The topological polar surface area (TPSA) is 96.8 Å². The molecule has 0 saturated carbocycles. The molecule has 1 aromatic rings. The molecule has 0 radical (unpaired) electrons. The molecule has 1 heterocycles. The maximum Gasteiger partial charge on any atom is 0.269 e. The van der Waals surface area contributed by atoms with Gasteiger partial charge in [-0.25, -0.2) is 31.7 Å². The molecule has 0 aromatic carbocycles. The molecule has 0 bridgehead atoms. The van der Waals surface area contributed by atoms with Crippen LogP contribution in [0.25, 0.3) is 0 Å². The molecule has 0 aliphatic heterocycles. The van der Waals surface area contributed by atoms with E-state index >= 15 is 0 Å². The van der Waals surface area contributed by atoms with Gasteiger partial charge in [-0.1, -0.05) is 0 Å². The number of rotatable bonds is 2. The Morgan fingerprint density at radius 3 is 2.44 bits per heavy atom. The largest absolute Gasteiger partial charge is 0.269 e. The molecule has 5 nitrogen and oxygen atoms in total. The van der Waals surface area contributed by atoms with Gasteiger partial charge in [0, 0.05) is 6.20 Å². The maximum atomic E-state index is 13.3. The van der Waals surface area contributed by atoms with Crippen LogP contribution in [0.5, 0.6) is 0 Å². The molecule has 0 unspecified atom stereocenters. The Morgan fingerprint density at radius 1 is 1.50 bits per heavy atom. The third kappa shape index (κ3) is 2.12. The number of nitrogens with two attached hydrogens (primary N) is 1. The van der Waals surface area contributed by atoms with Crippen LogP contribution in [0, 0.1) is 17.1 Å². The second-order valence-electron chi connectivity index (χ2n) is 2.66. The molecule has 16 heavy (non-hydrogen) atoms. The Hall–Kier alpha value is -1.66. The van der Waals surface area contributed by atoms with Crippen molar-refractivity contribution >= 4 is 10.0 Å². The molecule has 0 aliphatic carbocycles. The average molecular weight is 251 g/mol. The quantitative estimate of drug-likeness (QED) is 0.835. The highest BCUT2D eigenvalue weighted by molar-refractivity contribution is 7.89. The lowest BCUT2D eigenvalue weighted by Crippen LogP contribution is -2.18. The van der Waals surface area contributed by atoms with Crippen LogP contribution in [-0.2, 0) is 10.0 Å². The first kappa shape index (κ1) is 12.4. The molecule has 0 fully saturated rings. The van der Waals surface area contributed by atoms with E-state index in [1.54, 1.807) is 0 Å². The number of halogens is 3. The highest BCUT2D eigenvalue weighted by Crippen LogP contribution is 2.28. The van der Waals surface area contributed by atoms with Gasteiger partial charge in [-0.2, -0.15) is 5.26 Å². The van der Waals surface area contributed by atoms with E-state index in [0.717, 1.165) is 0 Å². The van der Waals surface area contributed by atoms with Gasteiger partial charge in [-0.15, -0.1) is 0 Å². The molecule has 2 N–H and O–H groups in total. The summed E-state index contributed by atoms with van der Waals surface area (Å²) in [7, 11) is -4.57. The monoisotopic (exact) mass is 251 g/mol. The van der Waals surface area contributed by atoms with Crippen molar-refractivity contribution in [2.75, 3.05) is 0 Å². The first-order valence-corrected chi connectivity index (χ1v) is 5.23. The molecule has 9 heteroatoms. The van der Waals surface area contributed by atoms with Crippen LogP contribution in [0.1, 0.15) is 17.6 Å². The zero-order chi connectivity index (χ0) is 12.5. The number of sulfonamides is 1. The van der Waals surface area contributed by atoms with Crippen LogP contribution in [-0.4, -0.2) is 13.4 Å². The fourth-order valence-electron chi connectivity index (χ4n) is 0.982. The van der Waals surface area contributed by atoms with Gasteiger partial charge in [0.05, 0.1) is 5.56 Å². The first-order valence-electron chi connectivity index (χ1n) is 3.68. The summed E-state index contributed by atoms with van der Waals surface area (Å²) in [5, 5.41) is 11.7. The number of hydrogen-bond acceptors (Lipinski definition) is 4. The van der Waals surface area contributed by atoms with Gasteiger partial charge in [-0.05, 0) is 0 Å². The fraction of sp³-hybridized carbons (Fsp3) is 0.143. The number of nitrogens with zero attached hydrogens (tertiary/aromatic N) is 2. The lowest BCUT2D eigenvalue weighted by molar-refractivity contribution is 0.141.